The highest BCUT2D eigenvalue weighted by Gasteiger charge is 2.32. The molecule has 1 N–H and O–H groups in total. The van der Waals surface area contributed by atoms with E-state index in [1.165, 1.54) is 18.2 Å². The van der Waals surface area contributed by atoms with Crippen LogP contribution in [0, 0.1) is 5.82 Å². The minimum absolute atomic E-state index is 0.0500. The molecule has 0 saturated carbocycles. The number of fused-ring (bicyclic) bond motifs is 1. The van der Waals surface area contributed by atoms with E-state index in [0.717, 1.165) is 11.1 Å². The van der Waals surface area contributed by atoms with Gasteiger partial charge in [-0.1, -0.05) is 6.07 Å². The molecule has 1 amide bonds. The van der Waals surface area contributed by atoms with Gasteiger partial charge >= 0.3 is 5.97 Å². The van der Waals surface area contributed by atoms with Gasteiger partial charge in [0.15, 0.2) is 11.5 Å². The lowest BCUT2D eigenvalue weighted by Gasteiger charge is -2.37. The van der Waals surface area contributed by atoms with Gasteiger partial charge in [-0.25, -0.2) is 4.39 Å². The molecule has 1 aliphatic rings. The normalized spacial score (nSPS) is 15.7. The molecule has 1 atom stereocenters. The summed E-state index contributed by atoms with van der Waals surface area (Å²) in [4.78, 5) is 26.9. The van der Waals surface area contributed by atoms with Gasteiger partial charge in [0, 0.05) is 18.3 Å². The van der Waals surface area contributed by atoms with Gasteiger partial charge in [0.05, 0.1) is 33.8 Å². The molecule has 0 saturated heterocycles. The van der Waals surface area contributed by atoms with Gasteiger partial charge in [-0.15, -0.1) is 0 Å². The maximum Gasteiger partial charge on any atom is 0.307 e. The second-order valence-electron chi connectivity index (χ2n) is 7.21. The van der Waals surface area contributed by atoms with Crippen molar-refractivity contribution in [3.05, 3.63) is 53.3 Å². The SMILES string of the molecule is CCOC(=O)CC1c2cc(OC)c(OC)cc2CCN1CC(=O)Nc1cccc(F)c1. The van der Waals surface area contributed by atoms with Crippen LogP contribution in [0.5, 0.6) is 11.5 Å². The zero-order valence-corrected chi connectivity index (χ0v) is 17.9. The second kappa shape index (κ2) is 10.3. The summed E-state index contributed by atoms with van der Waals surface area (Å²) in [5, 5.41) is 2.71. The smallest absolute Gasteiger partial charge is 0.307 e. The first-order chi connectivity index (χ1) is 14.9. The van der Waals surface area contributed by atoms with E-state index in [9.17, 15) is 14.0 Å². The summed E-state index contributed by atoms with van der Waals surface area (Å²) in [5.74, 6) is 0.120. The number of amides is 1. The third-order valence-corrected chi connectivity index (χ3v) is 5.23. The molecular formula is C23H27FN2O5. The molecule has 0 radical (unpaired) electrons. The summed E-state index contributed by atoms with van der Waals surface area (Å²) in [6.45, 7) is 2.66. The number of benzene rings is 2. The molecule has 0 bridgehead atoms. The summed E-state index contributed by atoms with van der Waals surface area (Å²) in [5.41, 5.74) is 2.32. The second-order valence-corrected chi connectivity index (χ2v) is 7.21. The largest absolute Gasteiger partial charge is 0.493 e. The number of nitrogens with zero attached hydrogens (tertiary/aromatic N) is 1. The molecule has 1 heterocycles. The third-order valence-electron chi connectivity index (χ3n) is 5.23. The standard InChI is InChI=1S/C23H27FN2O5/c1-4-31-23(28)13-19-18-12-21(30-3)20(29-2)10-15(18)8-9-26(19)14-22(27)25-17-7-5-6-16(24)11-17/h5-7,10-12,19H,4,8-9,13-14H2,1-3H3,(H,25,27). The van der Waals surface area contributed by atoms with Crippen molar-refractivity contribution in [1.29, 1.82) is 0 Å². The number of hydrogen-bond acceptors (Lipinski definition) is 6. The number of methoxy groups -OCH3 is 2. The molecule has 0 fully saturated rings. The molecule has 3 rings (SSSR count). The van der Waals surface area contributed by atoms with E-state index in [-0.39, 0.29) is 37.5 Å². The molecule has 8 heteroatoms. The van der Waals surface area contributed by atoms with E-state index in [4.69, 9.17) is 14.2 Å². The van der Waals surface area contributed by atoms with Crippen molar-refractivity contribution in [3.63, 3.8) is 0 Å². The maximum absolute atomic E-state index is 13.4. The van der Waals surface area contributed by atoms with Gasteiger partial charge < -0.3 is 19.5 Å². The molecule has 0 aliphatic carbocycles. The fourth-order valence-electron chi connectivity index (χ4n) is 3.84. The Labute approximate surface area is 181 Å². The van der Waals surface area contributed by atoms with Crippen LogP contribution in [-0.4, -0.2) is 50.7 Å². The number of anilines is 1. The van der Waals surface area contributed by atoms with Crippen molar-refractivity contribution in [1.82, 2.24) is 4.90 Å². The van der Waals surface area contributed by atoms with Crippen LogP contribution in [0.2, 0.25) is 0 Å². The van der Waals surface area contributed by atoms with Crippen molar-refractivity contribution in [3.8, 4) is 11.5 Å². The van der Waals surface area contributed by atoms with Crippen molar-refractivity contribution < 1.29 is 28.2 Å². The van der Waals surface area contributed by atoms with Gasteiger partial charge in [0.25, 0.3) is 0 Å². The minimum Gasteiger partial charge on any atom is -0.493 e. The van der Waals surface area contributed by atoms with Gasteiger partial charge in [-0.2, -0.15) is 0 Å². The third kappa shape index (κ3) is 5.52. The van der Waals surface area contributed by atoms with Gasteiger partial charge in [-0.3, -0.25) is 14.5 Å². The van der Waals surface area contributed by atoms with E-state index < -0.39 is 5.82 Å². The Bertz CT molecular complexity index is 950. The molecular weight excluding hydrogens is 403 g/mol. The Hall–Kier alpha value is -3.13. The summed E-state index contributed by atoms with van der Waals surface area (Å²) < 4.78 is 29.4. The first-order valence-corrected chi connectivity index (χ1v) is 10.1. The van der Waals surface area contributed by atoms with Crippen LogP contribution < -0.4 is 14.8 Å². The topological polar surface area (TPSA) is 77.1 Å². The van der Waals surface area contributed by atoms with Crippen molar-refractivity contribution in [2.24, 2.45) is 0 Å². The summed E-state index contributed by atoms with van der Waals surface area (Å²) in [6.07, 6.45) is 0.784. The number of halogens is 1. The number of nitrogens with one attached hydrogen (secondary N) is 1. The summed E-state index contributed by atoms with van der Waals surface area (Å²) in [7, 11) is 3.13. The van der Waals surface area contributed by atoms with Crippen LogP contribution in [0.15, 0.2) is 36.4 Å². The van der Waals surface area contributed by atoms with E-state index in [1.54, 1.807) is 27.2 Å². The number of carbonyl (C=O) groups excluding carboxylic acids is 2. The highest BCUT2D eigenvalue weighted by Crippen LogP contribution is 2.39. The highest BCUT2D eigenvalue weighted by molar-refractivity contribution is 5.92. The van der Waals surface area contributed by atoms with Crippen LogP contribution in [0.3, 0.4) is 0 Å². The van der Waals surface area contributed by atoms with Crippen LogP contribution in [0.1, 0.15) is 30.5 Å². The van der Waals surface area contributed by atoms with Crippen LogP contribution in [0.4, 0.5) is 10.1 Å². The molecule has 0 aromatic heterocycles. The Balaban J connectivity index is 1.85. The fraction of sp³-hybridized carbons (Fsp3) is 0.391. The van der Waals surface area contributed by atoms with Gasteiger partial charge in [0.1, 0.15) is 5.82 Å². The van der Waals surface area contributed by atoms with Crippen LogP contribution in [0.25, 0.3) is 0 Å². The molecule has 166 valence electrons. The van der Waals surface area contributed by atoms with Crippen LogP contribution in [-0.2, 0) is 20.7 Å². The molecule has 7 nitrogen and oxygen atoms in total. The van der Waals surface area contributed by atoms with Gasteiger partial charge in [-0.05, 0) is 54.8 Å². The zero-order valence-electron chi connectivity index (χ0n) is 17.9. The lowest BCUT2D eigenvalue weighted by molar-refractivity contribution is -0.145. The fourth-order valence-corrected chi connectivity index (χ4v) is 3.84. The van der Waals surface area contributed by atoms with E-state index in [1.807, 2.05) is 17.0 Å². The Kier molecular flexibility index (Phi) is 7.46. The molecule has 2 aromatic carbocycles. The van der Waals surface area contributed by atoms with Crippen molar-refractivity contribution in [2.45, 2.75) is 25.8 Å². The average Bonchev–Trinajstić information content (AvgIpc) is 2.74. The zero-order chi connectivity index (χ0) is 22.4. The van der Waals surface area contributed by atoms with Crippen molar-refractivity contribution >= 4 is 17.6 Å². The first-order valence-electron chi connectivity index (χ1n) is 10.1. The quantitative estimate of drug-likeness (QED) is 0.648. The Morgan fingerprint density at radius 1 is 1.16 bits per heavy atom. The predicted molar refractivity (Wildman–Crippen MR) is 114 cm³/mol. The molecule has 31 heavy (non-hydrogen) atoms. The lowest BCUT2D eigenvalue weighted by Crippen LogP contribution is -2.41. The highest BCUT2D eigenvalue weighted by atomic mass is 19.1. The number of ether oxygens (including phenoxy) is 3. The Morgan fingerprint density at radius 2 is 1.90 bits per heavy atom. The van der Waals surface area contributed by atoms with Crippen LogP contribution >= 0.6 is 0 Å². The van der Waals surface area contributed by atoms with E-state index >= 15 is 0 Å². The molecule has 0 spiro atoms. The number of esters is 1. The number of hydrogen-bond donors (Lipinski definition) is 1. The number of carbonyl (C=O) groups is 2. The van der Waals surface area contributed by atoms with Crippen molar-refractivity contribution in [2.75, 3.05) is 39.2 Å². The summed E-state index contributed by atoms with van der Waals surface area (Å²) >= 11 is 0. The van der Waals surface area contributed by atoms with Gasteiger partial charge in [0.2, 0.25) is 5.91 Å². The molecule has 2 aromatic rings. The average molecular weight is 430 g/mol. The summed E-state index contributed by atoms with van der Waals surface area (Å²) in [6, 6.07) is 9.14. The lowest BCUT2D eigenvalue weighted by atomic mass is 9.90. The Morgan fingerprint density at radius 3 is 2.58 bits per heavy atom. The monoisotopic (exact) mass is 430 g/mol. The van der Waals surface area contributed by atoms with E-state index in [0.29, 0.717) is 30.2 Å². The predicted octanol–water partition coefficient (Wildman–Crippen LogP) is 3.33. The maximum atomic E-state index is 13.4. The minimum atomic E-state index is -0.425. The number of rotatable bonds is 8. The molecule has 1 unspecified atom stereocenters. The molecule has 1 aliphatic heterocycles. The first kappa shape index (κ1) is 22.6. The van der Waals surface area contributed by atoms with E-state index in [2.05, 4.69) is 5.32 Å².